The molecule has 1 aromatic heterocycles. The van der Waals surface area contributed by atoms with E-state index >= 15 is 0 Å². The molecule has 1 unspecified atom stereocenters. The first kappa shape index (κ1) is 21.9. The predicted molar refractivity (Wildman–Crippen MR) is 123 cm³/mol. The molecule has 0 radical (unpaired) electrons. The van der Waals surface area contributed by atoms with Crippen LogP contribution in [-0.2, 0) is 16.1 Å². The van der Waals surface area contributed by atoms with Crippen molar-refractivity contribution in [2.24, 2.45) is 0 Å². The number of likely N-dealkylation sites (tertiary alicyclic amines) is 1. The maximum Gasteiger partial charge on any atom is 0.295 e. The third kappa shape index (κ3) is 4.09. The number of carbonyl (C=O) groups is 2. The Kier molecular flexibility index (Phi) is 6.21. The molecular formula is C24H20ClNO5S. The average molecular weight is 470 g/mol. The topological polar surface area (TPSA) is 87.1 Å². The second-order valence-corrected chi connectivity index (χ2v) is 8.64. The number of ether oxygens (including phenoxy) is 1. The van der Waals surface area contributed by atoms with Gasteiger partial charge in [-0.05, 0) is 60.3 Å². The lowest BCUT2D eigenvalue weighted by Crippen LogP contribution is -2.28. The van der Waals surface area contributed by atoms with Gasteiger partial charge in [-0.3, -0.25) is 9.59 Å². The van der Waals surface area contributed by atoms with Crippen LogP contribution in [0.15, 0.2) is 65.6 Å². The van der Waals surface area contributed by atoms with Crippen molar-refractivity contribution >= 4 is 40.4 Å². The molecule has 2 aromatic carbocycles. The van der Waals surface area contributed by atoms with E-state index in [0.717, 1.165) is 4.88 Å². The van der Waals surface area contributed by atoms with Gasteiger partial charge in [0, 0.05) is 15.5 Å². The normalized spacial score (nSPS) is 17.7. The Morgan fingerprint density at radius 2 is 1.91 bits per heavy atom. The Morgan fingerprint density at radius 3 is 2.56 bits per heavy atom. The maximum absolute atomic E-state index is 13.1. The third-order valence-electron chi connectivity index (χ3n) is 5.16. The molecule has 1 aliphatic heterocycles. The highest BCUT2D eigenvalue weighted by atomic mass is 35.5. The number of nitrogens with zero attached hydrogens (tertiary/aromatic N) is 1. The number of phenolic OH excluding ortho intramolecular Hbond substituents is 1. The van der Waals surface area contributed by atoms with Gasteiger partial charge in [-0.15, -0.1) is 11.3 Å². The molecule has 1 amide bonds. The molecule has 1 aliphatic rings. The second-order valence-electron chi connectivity index (χ2n) is 7.17. The van der Waals surface area contributed by atoms with E-state index < -0.39 is 17.7 Å². The number of hydrogen-bond acceptors (Lipinski definition) is 6. The largest absolute Gasteiger partial charge is 0.507 e. The van der Waals surface area contributed by atoms with Gasteiger partial charge < -0.3 is 19.8 Å². The number of Topliss-reactive ketones (excluding diaryl/α,β-unsaturated/α-hetero) is 1. The van der Waals surface area contributed by atoms with Crippen molar-refractivity contribution in [2.45, 2.75) is 19.5 Å². The number of rotatable bonds is 6. The summed E-state index contributed by atoms with van der Waals surface area (Å²) in [6, 6.07) is 13.9. The van der Waals surface area contributed by atoms with E-state index in [1.165, 1.54) is 22.3 Å². The van der Waals surface area contributed by atoms with E-state index in [1.54, 1.807) is 43.3 Å². The van der Waals surface area contributed by atoms with E-state index in [9.17, 15) is 19.8 Å². The molecule has 0 saturated carbocycles. The molecule has 3 aromatic rings. The van der Waals surface area contributed by atoms with Crippen molar-refractivity contribution in [3.8, 4) is 11.5 Å². The van der Waals surface area contributed by atoms with E-state index in [-0.39, 0.29) is 29.4 Å². The van der Waals surface area contributed by atoms with E-state index in [2.05, 4.69) is 0 Å². The molecule has 1 saturated heterocycles. The lowest BCUT2D eigenvalue weighted by atomic mass is 9.95. The second kappa shape index (κ2) is 9.06. The molecular weight excluding hydrogens is 450 g/mol. The Hall–Kier alpha value is -3.29. The van der Waals surface area contributed by atoms with Gasteiger partial charge in [0.1, 0.15) is 5.76 Å². The summed E-state index contributed by atoms with van der Waals surface area (Å²) in [6.07, 6.45) is 0. The number of carbonyl (C=O) groups excluding carboxylic acids is 2. The SMILES string of the molecule is CCOc1cc(C2/C(=C(/O)c3ccc(Cl)cc3)C(=O)C(=O)N2Cc2cccs2)ccc1O. The van der Waals surface area contributed by atoms with Crippen LogP contribution in [0.4, 0.5) is 0 Å². The fourth-order valence-electron chi connectivity index (χ4n) is 3.70. The van der Waals surface area contributed by atoms with Crippen LogP contribution in [0, 0.1) is 0 Å². The molecule has 4 rings (SSSR count). The Morgan fingerprint density at radius 1 is 1.16 bits per heavy atom. The van der Waals surface area contributed by atoms with Crippen molar-refractivity contribution in [2.75, 3.05) is 6.61 Å². The molecule has 0 bridgehead atoms. The van der Waals surface area contributed by atoms with Crippen molar-refractivity contribution in [1.29, 1.82) is 0 Å². The lowest BCUT2D eigenvalue weighted by molar-refractivity contribution is -0.140. The molecule has 6 nitrogen and oxygen atoms in total. The maximum atomic E-state index is 13.1. The van der Waals surface area contributed by atoms with Crippen molar-refractivity contribution in [3.05, 3.63) is 86.6 Å². The van der Waals surface area contributed by atoms with Crippen LogP contribution in [0.1, 0.15) is 29.0 Å². The van der Waals surface area contributed by atoms with E-state index in [1.807, 2.05) is 17.5 Å². The summed E-state index contributed by atoms with van der Waals surface area (Å²) in [7, 11) is 0. The van der Waals surface area contributed by atoms with Gasteiger partial charge in [-0.25, -0.2) is 0 Å². The zero-order valence-electron chi connectivity index (χ0n) is 17.1. The molecule has 164 valence electrons. The molecule has 0 aliphatic carbocycles. The molecule has 1 atom stereocenters. The first-order chi connectivity index (χ1) is 15.4. The Bertz CT molecular complexity index is 1190. The quantitative estimate of drug-likeness (QED) is 0.297. The third-order valence-corrected chi connectivity index (χ3v) is 6.28. The first-order valence-electron chi connectivity index (χ1n) is 9.93. The fraction of sp³-hybridized carbons (Fsp3) is 0.167. The molecule has 1 fully saturated rings. The summed E-state index contributed by atoms with van der Waals surface area (Å²) in [5.74, 6) is -1.58. The number of amides is 1. The summed E-state index contributed by atoms with van der Waals surface area (Å²) in [6.45, 7) is 2.32. The fourth-order valence-corrected chi connectivity index (χ4v) is 4.52. The molecule has 2 heterocycles. The zero-order valence-corrected chi connectivity index (χ0v) is 18.7. The number of aromatic hydroxyl groups is 1. The van der Waals surface area contributed by atoms with Crippen LogP contribution >= 0.6 is 22.9 Å². The standard InChI is InChI=1S/C24H20ClNO5S/c1-2-31-19-12-15(7-10-18(19)27)21-20(22(28)14-5-8-16(25)9-6-14)23(29)24(30)26(21)13-17-4-3-11-32-17/h3-12,21,27-28H,2,13H2,1H3/b22-20-. The van der Waals surface area contributed by atoms with E-state index in [0.29, 0.717) is 22.8 Å². The number of hydrogen-bond donors (Lipinski definition) is 2. The number of phenols is 1. The molecule has 8 heteroatoms. The summed E-state index contributed by atoms with van der Waals surface area (Å²) in [5.41, 5.74) is 0.886. The lowest BCUT2D eigenvalue weighted by Gasteiger charge is -2.25. The molecule has 32 heavy (non-hydrogen) atoms. The molecule has 2 N–H and O–H groups in total. The number of aliphatic hydroxyl groups excluding tert-OH is 1. The minimum absolute atomic E-state index is 0.0259. The minimum atomic E-state index is -0.854. The van der Waals surface area contributed by atoms with Gasteiger partial charge in [0.25, 0.3) is 11.7 Å². The van der Waals surface area contributed by atoms with Crippen LogP contribution in [0.25, 0.3) is 5.76 Å². The van der Waals surface area contributed by atoms with Crippen LogP contribution < -0.4 is 4.74 Å². The molecule has 0 spiro atoms. The number of ketones is 1. The number of aliphatic hydroxyl groups is 1. The zero-order chi connectivity index (χ0) is 22.8. The summed E-state index contributed by atoms with van der Waals surface area (Å²) in [4.78, 5) is 28.4. The van der Waals surface area contributed by atoms with Crippen LogP contribution in [0.2, 0.25) is 5.02 Å². The van der Waals surface area contributed by atoms with Gasteiger partial charge in [0.05, 0.1) is 24.8 Å². The number of benzene rings is 2. The van der Waals surface area contributed by atoms with Crippen molar-refractivity contribution < 1.29 is 24.5 Å². The van der Waals surface area contributed by atoms with Gasteiger partial charge in [0.15, 0.2) is 11.5 Å². The Balaban J connectivity index is 1.88. The van der Waals surface area contributed by atoms with Crippen LogP contribution in [-0.4, -0.2) is 33.4 Å². The minimum Gasteiger partial charge on any atom is -0.507 e. The highest BCUT2D eigenvalue weighted by Gasteiger charge is 2.46. The highest BCUT2D eigenvalue weighted by molar-refractivity contribution is 7.09. The highest BCUT2D eigenvalue weighted by Crippen LogP contribution is 2.42. The van der Waals surface area contributed by atoms with Crippen molar-refractivity contribution in [3.63, 3.8) is 0 Å². The van der Waals surface area contributed by atoms with Crippen molar-refractivity contribution in [1.82, 2.24) is 4.90 Å². The first-order valence-corrected chi connectivity index (χ1v) is 11.2. The van der Waals surface area contributed by atoms with Gasteiger partial charge in [-0.1, -0.05) is 23.7 Å². The number of thiophene rings is 1. The van der Waals surface area contributed by atoms with Crippen LogP contribution in [0.3, 0.4) is 0 Å². The number of halogens is 1. The monoisotopic (exact) mass is 469 g/mol. The van der Waals surface area contributed by atoms with Gasteiger partial charge >= 0.3 is 0 Å². The van der Waals surface area contributed by atoms with Gasteiger partial charge in [-0.2, -0.15) is 0 Å². The predicted octanol–water partition coefficient (Wildman–Crippen LogP) is 5.13. The van der Waals surface area contributed by atoms with Crippen LogP contribution in [0.5, 0.6) is 11.5 Å². The van der Waals surface area contributed by atoms with E-state index in [4.69, 9.17) is 16.3 Å². The smallest absolute Gasteiger partial charge is 0.295 e. The Labute approximate surface area is 193 Å². The summed E-state index contributed by atoms with van der Waals surface area (Å²) in [5, 5.41) is 23.6. The van der Waals surface area contributed by atoms with Gasteiger partial charge in [0.2, 0.25) is 0 Å². The average Bonchev–Trinajstić information content (AvgIpc) is 3.38. The summed E-state index contributed by atoms with van der Waals surface area (Å²) >= 11 is 7.42. The summed E-state index contributed by atoms with van der Waals surface area (Å²) < 4.78 is 5.50.